The van der Waals surface area contributed by atoms with E-state index in [0.29, 0.717) is 4.09 Å². The molecule has 3 aromatic rings. The molecule has 1 aromatic heterocycles. The first kappa shape index (κ1) is 13.4. The molecule has 107 valence electrons. The van der Waals surface area contributed by atoms with Gasteiger partial charge in [-0.1, -0.05) is 12.1 Å². The summed E-state index contributed by atoms with van der Waals surface area (Å²) in [7, 11) is -4.37. The fraction of sp³-hybridized carbons (Fsp3) is 0. The Morgan fingerprint density at radius 3 is 2.90 bits per heavy atom. The van der Waals surface area contributed by atoms with E-state index in [2.05, 4.69) is 11.2 Å². The van der Waals surface area contributed by atoms with Gasteiger partial charge in [0, 0.05) is 6.07 Å². The third-order valence-electron chi connectivity index (χ3n) is 2.68. The highest BCUT2D eigenvalue weighted by molar-refractivity contribution is 7.85. The van der Waals surface area contributed by atoms with E-state index in [9.17, 15) is 17.9 Å². The van der Waals surface area contributed by atoms with Crippen molar-refractivity contribution in [2.45, 2.75) is 0 Å². The molecule has 8 heteroatoms. The Morgan fingerprint density at radius 2 is 2.14 bits per heavy atom. The van der Waals surface area contributed by atoms with Gasteiger partial charge >= 0.3 is 10.3 Å². The van der Waals surface area contributed by atoms with Crippen LogP contribution in [0.1, 0.15) is 0 Å². The van der Waals surface area contributed by atoms with Crippen molar-refractivity contribution >= 4 is 21.2 Å². The van der Waals surface area contributed by atoms with Crippen LogP contribution in [0.2, 0.25) is 0 Å². The van der Waals surface area contributed by atoms with Crippen molar-refractivity contribution in [2.24, 2.45) is 0 Å². The summed E-state index contributed by atoms with van der Waals surface area (Å²) in [6.45, 7) is 0. The summed E-state index contributed by atoms with van der Waals surface area (Å²) in [6, 6.07) is 11.7. The Morgan fingerprint density at radius 1 is 1.33 bits per heavy atom. The Labute approximate surface area is 119 Å². The number of hydrogen-bond acceptors (Lipinski definition) is 5. The molecule has 0 unspecified atom stereocenters. The van der Waals surface area contributed by atoms with E-state index in [1.807, 2.05) is 0 Å². The fourth-order valence-electron chi connectivity index (χ4n) is 1.81. The second kappa shape index (κ2) is 4.74. The van der Waals surface area contributed by atoms with Crippen LogP contribution in [0.5, 0.6) is 11.6 Å². The molecule has 0 amide bonds. The summed E-state index contributed by atoms with van der Waals surface area (Å²) in [6.07, 6.45) is 0. The van der Waals surface area contributed by atoms with E-state index in [0.717, 1.165) is 12.1 Å². The molecular weight excluding hydrogens is 299 g/mol. The van der Waals surface area contributed by atoms with Crippen LogP contribution in [0.25, 0.3) is 10.9 Å². The van der Waals surface area contributed by atoms with Gasteiger partial charge in [0.05, 0.1) is 10.9 Å². The van der Waals surface area contributed by atoms with Crippen molar-refractivity contribution in [3.63, 3.8) is 0 Å². The van der Waals surface area contributed by atoms with Crippen LogP contribution < -0.4 is 4.18 Å². The lowest BCUT2D eigenvalue weighted by molar-refractivity contribution is 0.440. The number of fused-ring (bicyclic) bond motifs is 1. The van der Waals surface area contributed by atoms with Crippen LogP contribution in [0.4, 0.5) is 4.39 Å². The smallest absolute Gasteiger partial charge is 0.429 e. The molecule has 0 fully saturated rings. The average Bonchev–Trinajstić information content (AvgIpc) is 2.77. The summed E-state index contributed by atoms with van der Waals surface area (Å²) in [5.41, 5.74) is 0.127. The Kier molecular flexibility index (Phi) is 3.02. The number of benzene rings is 2. The molecule has 0 saturated heterocycles. The summed E-state index contributed by atoms with van der Waals surface area (Å²) in [5.74, 6) is -1.29. The summed E-state index contributed by atoms with van der Waals surface area (Å²) in [4.78, 5) is 0. The molecule has 0 atom stereocenters. The van der Waals surface area contributed by atoms with Crippen LogP contribution in [0, 0.1) is 11.9 Å². The molecule has 2 aromatic carbocycles. The predicted molar refractivity (Wildman–Crippen MR) is 71.6 cm³/mol. The van der Waals surface area contributed by atoms with Crippen molar-refractivity contribution in [1.29, 1.82) is 0 Å². The van der Waals surface area contributed by atoms with E-state index in [4.69, 9.17) is 4.18 Å². The van der Waals surface area contributed by atoms with Gasteiger partial charge < -0.3 is 9.29 Å². The Hall–Kier alpha value is -2.61. The summed E-state index contributed by atoms with van der Waals surface area (Å²) in [5, 5.41) is 13.4. The van der Waals surface area contributed by atoms with Crippen LogP contribution >= 0.6 is 0 Å². The van der Waals surface area contributed by atoms with E-state index in [1.165, 1.54) is 30.3 Å². The fourth-order valence-corrected chi connectivity index (χ4v) is 2.80. The monoisotopic (exact) mass is 307 g/mol. The summed E-state index contributed by atoms with van der Waals surface area (Å²) >= 11 is 0. The van der Waals surface area contributed by atoms with Gasteiger partial charge in [-0.2, -0.15) is 8.42 Å². The third kappa shape index (κ3) is 2.40. The highest BCUT2D eigenvalue weighted by Gasteiger charge is 2.22. The molecule has 0 aliphatic rings. The zero-order chi connectivity index (χ0) is 15.0. The van der Waals surface area contributed by atoms with Crippen LogP contribution in [-0.2, 0) is 10.3 Å². The number of hydrogen-bond donors (Lipinski definition) is 1. The molecule has 0 spiro atoms. The van der Waals surface area contributed by atoms with Crippen molar-refractivity contribution in [1.82, 2.24) is 9.19 Å². The quantitative estimate of drug-likeness (QED) is 0.798. The lowest BCUT2D eigenvalue weighted by atomic mass is 10.2. The Balaban J connectivity index is 2.09. The first-order chi connectivity index (χ1) is 9.97. The first-order valence-corrected chi connectivity index (χ1v) is 7.12. The minimum Gasteiger partial charge on any atom is -0.492 e. The van der Waals surface area contributed by atoms with Crippen LogP contribution in [0.3, 0.4) is 0 Å². The maximum absolute atomic E-state index is 13.1. The van der Waals surface area contributed by atoms with Gasteiger partial charge in [0.2, 0.25) is 5.88 Å². The Bertz CT molecular complexity index is 921. The molecule has 0 bridgehead atoms. The van der Waals surface area contributed by atoms with Gasteiger partial charge in [0.25, 0.3) is 0 Å². The highest BCUT2D eigenvalue weighted by atomic mass is 32.2. The van der Waals surface area contributed by atoms with Gasteiger partial charge in [0.1, 0.15) is 11.6 Å². The van der Waals surface area contributed by atoms with Gasteiger partial charge in [-0.25, -0.2) is 4.39 Å². The predicted octanol–water partition coefficient (Wildman–Crippen LogP) is 1.85. The van der Waals surface area contributed by atoms with Gasteiger partial charge in [-0.05, 0) is 30.3 Å². The second-order valence-corrected chi connectivity index (χ2v) is 5.48. The normalized spacial score (nSPS) is 11.7. The molecule has 0 aliphatic carbocycles. The number of aromatic nitrogens is 2. The molecule has 21 heavy (non-hydrogen) atoms. The van der Waals surface area contributed by atoms with Gasteiger partial charge in [-0.15, -0.1) is 9.19 Å². The zero-order valence-electron chi connectivity index (χ0n) is 10.4. The molecular formula is C13H8FN2O4S. The topological polar surface area (TPSA) is 81.4 Å². The average molecular weight is 307 g/mol. The summed E-state index contributed by atoms with van der Waals surface area (Å²) < 4.78 is 42.7. The number of rotatable bonds is 3. The molecule has 6 nitrogen and oxygen atoms in total. The SMILES string of the molecule is O=S(=O)(Oc1cccc(F)c1)n1nc(O)c2c[c]ccc21. The van der Waals surface area contributed by atoms with E-state index in [-0.39, 0.29) is 16.7 Å². The largest absolute Gasteiger partial charge is 0.492 e. The van der Waals surface area contributed by atoms with E-state index >= 15 is 0 Å². The van der Waals surface area contributed by atoms with E-state index in [1.54, 1.807) is 0 Å². The molecule has 3 rings (SSSR count). The van der Waals surface area contributed by atoms with Crippen molar-refractivity contribution < 1.29 is 22.1 Å². The molecule has 0 aliphatic heterocycles. The lowest BCUT2D eigenvalue weighted by Gasteiger charge is -2.07. The number of nitrogens with zero attached hydrogens (tertiary/aromatic N) is 2. The zero-order valence-corrected chi connectivity index (χ0v) is 11.2. The lowest BCUT2D eigenvalue weighted by Crippen LogP contribution is -2.20. The molecule has 1 heterocycles. The van der Waals surface area contributed by atoms with Gasteiger partial charge in [-0.3, -0.25) is 0 Å². The maximum Gasteiger partial charge on any atom is 0.429 e. The second-order valence-electron chi connectivity index (χ2n) is 4.11. The van der Waals surface area contributed by atoms with Crippen molar-refractivity contribution in [2.75, 3.05) is 0 Å². The number of halogens is 1. The third-order valence-corrected chi connectivity index (χ3v) is 3.79. The minimum absolute atomic E-state index is 0.127. The van der Waals surface area contributed by atoms with Crippen molar-refractivity contribution in [3.8, 4) is 11.6 Å². The number of aromatic hydroxyl groups is 1. The minimum atomic E-state index is -4.37. The standard InChI is InChI=1S/C13H8FN2O4S/c14-9-4-3-5-10(8-9)20-21(18,19)16-12-7-2-1-6-11(12)13(17)15-16/h2-8H,(H,15,17). The maximum atomic E-state index is 13.1. The van der Waals surface area contributed by atoms with Gasteiger partial charge in [0.15, 0.2) is 0 Å². The first-order valence-electron chi connectivity index (χ1n) is 5.76. The van der Waals surface area contributed by atoms with E-state index < -0.39 is 22.0 Å². The highest BCUT2D eigenvalue weighted by Crippen LogP contribution is 2.25. The molecule has 1 N–H and O–H groups in total. The van der Waals surface area contributed by atoms with Crippen LogP contribution in [0.15, 0.2) is 42.5 Å². The van der Waals surface area contributed by atoms with Crippen molar-refractivity contribution in [3.05, 3.63) is 54.3 Å². The molecule has 1 radical (unpaired) electrons. The van der Waals surface area contributed by atoms with Crippen LogP contribution in [-0.4, -0.2) is 22.7 Å². The molecule has 0 saturated carbocycles.